The van der Waals surface area contributed by atoms with Crippen LogP contribution in [0.25, 0.3) is 0 Å². The van der Waals surface area contributed by atoms with Crippen LogP contribution in [0, 0.1) is 0 Å². The number of benzene rings is 2. The molecule has 5 nitrogen and oxygen atoms in total. The minimum atomic E-state index is -0.556. The summed E-state index contributed by atoms with van der Waals surface area (Å²) < 4.78 is 5.14. The Morgan fingerprint density at radius 1 is 1.15 bits per heavy atom. The summed E-state index contributed by atoms with van der Waals surface area (Å²) in [6.45, 7) is 2.19. The van der Waals surface area contributed by atoms with E-state index in [0.717, 1.165) is 35.4 Å². The van der Waals surface area contributed by atoms with Gasteiger partial charge < -0.3 is 10.1 Å². The van der Waals surface area contributed by atoms with E-state index < -0.39 is 6.04 Å². The molecule has 0 radical (unpaired) electrons. The average molecular weight is 352 g/mol. The Morgan fingerprint density at radius 3 is 2.62 bits per heavy atom. The SMILES string of the molecule is COc1ccc(CNC(=O)[C@H](C)N2C(=O)CCCc3ccccc32)cc1. The number of carbonyl (C=O) groups excluding carboxylic acids is 2. The number of nitrogens with one attached hydrogen (secondary N) is 1. The van der Waals surface area contributed by atoms with Gasteiger partial charge in [0, 0.05) is 18.7 Å². The lowest BCUT2D eigenvalue weighted by Gasteiger charge is -2.28. The lowest BCUT2D eigenvalue weighted by atomic mass is 10.1. The summed E-state index contributed by atoms with van der Waals surface area (Å²) in [4.78, 5) is 26.9. The number of hydrogen-bond donors (Lipinski definition) is 1. The summed E-state index contributed by atoms with van der Waals surface area (Å²) in [5.41, 5.74) is 2.95. The molecular formula is C21H24N2O3. The number of fused-ring (bicyclic) bond motifs is 1. The van der Waals surface area contributed by atoms with E-state index in [2.05, 4.69) is 5.32 Å². The van der Waals surface area contributed by atoms with Crippen molar-refractivity contribution in [1.82, 2.24) is 5.32 Å². The molecule has 1 heterocycles. The van der Waals surface area contributed by atoms with E-state index in [4.69, 9.17) is 4.74 Å². The number of anilines is 1. The molecule has 0 unspecified atom stereocenters. The van der Waals surface area contributed by atoms with Crippen LogP contribution in [0.2, 0.25) is 0 Å². The standard InChI is InChI=1S/C21H24N2O3/c1-15(21(25)22-14-16-10-12-18(26-2)13-11-16)23-19-8-4-3-6-17(19)7-5-9-20(23)24/h3-4,6,8,10-13,15H,5,7,9,14H2,1-2H3,(H,22,25)/t15-/m0/s1. The Kier molecular flexibility index (Phi) is 5.56. The van der Waals surface area contributed by atoms with Gasteiger partial charge in [-0.1, -0.05) is 30.3 Å². The van der Waals surface area contributed by atoms with E-state index in [1.54, 1.807) is 18.9 Å². The normalized spacial score (nSPS) is 15.0. The van der Waals surface area contributed by atoms with Gasteiger partial charge in [0.2, 0.25) is 11.8 Å². The number of nitrogens with zero attached hydrogens (tertiary/aromatic N) is 1. The van der Waals surface area contributed by atoms with Crippen LogP contribution < -0.4 is 15.0 Å². The number of aryl methyl sites for hydroxylation is 1. The molecule has 2 aromatic rings. The number of carbonyl (C=O) groups is 2. The summed E-state index contributed by atoms with van der Waals surface area (Å²) in [6.07, 6.45) is 2.13. The predicted molar refractivity (Wildman–Crippen MR) is 101 cm³/mol. The van der Waals surface area contributed by atoms with E-state index in [1.807, 2.05) is 48.5 Å². The van der Waals surface area contributed by atoms with Crippen LogP contribution in [-0.4, -0.2) is 25.0 Å². The maximum absolute atomic E-state index is 12.7. The largest absolute Gasteiger partial charge is 0.497 e. The zero-order valence-electron chi connectivity index (χ0n) is 15.2. The van der Waals surface area contributed by atoms with Crippen LogP contribution in [0.1, 0.15) is 30.9 Å². The second-order valence-electron chi connectivity index (χ2n) is 6.49. The molecular weight excluding hydrogens is 328 g/mol. The van der Waals surface area contributed by atoms with Gasteiger partial charge in [0.15, 0.2) is 0 Å². The van der Waals surface area contributed by atoms with E-state index in [1.165, 1.54) is 0 Å². The van der Waals surface area contributed by atoms with E-state index in [0.29, 0.717) is 13.0 Å². The molecule has 136 valence electrons. The summed E-state index contributed by atoms with van der Waals surface area (Å²) in [6, 6.07) is 14.8. The monoisotopic (exact) mass is 352 g/mol. The van der Waals surface area contributed by atoms with Crippen molar-refractivity contribution >= 4 is 17.5 Å². The first-order valence-electron chi connectivity index (χ1n) is 8.90. The minimum absolute atomic E-state index is 0.00190. The van der Waals surface area contributed by atoms with Crippen LogP contribution in [0.5, 0.6) is 5.75 Å². The zero-order chi connectivity index (χ0) is 18.5. The first-order valence-corrected chi connectivity index (χ1v) is 8.90. The Bertz CT molecular complexity index is 786. The van der Waals surface area contributed by atoms with Crippen LogP contribution in [0.3, 0.4) is 0 Å². The van der Waals surface area contributed by atoms with E-state index >= 15 is 0 Å². The maximum Gasteiger partial charge on any atom is 0.243 e. The lowest BCUT2D eigenvalue weighted by molar-refractivity contribution is -0.126. The van der Waals surface area contributed by atoms with Gasteiger partial charge in [0.05, 0.1) is 7.11 Å². The molecule has 2 amide bonds. The van der Waals surface area contributed by atoms with Crippen molar-refractivity contribution in [3.63, 3.8) is 0 Å². The van der Waals surface area contributed by atoms with Crippen molar-refractivity contribution in [3.05, 3.63) is 59.7 Å². The molecule has 0 aliphatic carbocycles. The van der Waals surface area contributed by atoms with Crippen LogP contribution in [0.4, 0.5) is 5.69 Å². The zero-order valence-corrected chi connectivity index (χ0v) is 15.2. The molecule has 0 saturated heterocycles. The van der Waals surface area contributed by atoms with Crippen molar-refractivity contribution in [2.45, 2.75) is 38.8 Å². The number of hydrogen-bond acceptors (Lipinski definition) is 3. The summed E-state index contributed by atoms with van der Waals surface area (Å²) in [5, 5.41) is 2.93. The topological polar surface area (TPSA) is 58.6 Å². The molecule has 26 heavy (non-hydrogen) atoms. The van der Waals surface area contributed by atoms with Gasteiger partial charge in [-0.2, -0.15) is 0 Å². The molecule has 3 rings (SSSR count). The molecule has 0 saturated carbocycles. The van der Waals surface area contributed by atoms with Crippen LogP contribution in [-0.2, 0) is 22.6 Å². The number of rotatable bonds is 5. The van der Waals surface area contributed by atoms with Gasteiger partial charge in [0.25, 0.3) is 0 Å². The third-order valence-corrected chi connectivity index (χ3v) is 4.75. The van der Waals surface area contributed by atoms with Gasteiger partial charge >= 0.3 is 0 Å². The summed E-state index contributed by atoms with van der Waals surface area (Å²) in [7, 11) is 1.62. The highest BCUT2D eigenvalue weighted by molar-refractivity contribution is 6.01. The Hall–Kier alpha value is -2.82. The second-order valence-corrected chi connectivity index (χ2v) is 6.49. The number of methoxy groups -OCH3 is 1. The van der Waals surface area contributed by atoms with Crippen LogP contribution >= 0.6 is 0 Å². The Labute approximate surface area is 154 Å². The molecule has 0 bridgehead atoms. The van der Waals surface area contributed by atoms with E-state index in [-0.39, 0.29) is 11.8 Å². The Morgan fingerprint density at radius 2 is 1.88 bits per heavy atom. The second kappa shape index (κ2) is 8.04. The molecule has 0 fully saturated rings. The molecule has 2 aromatic carbocycles. The van der Waals surface area contributed by atoms with Gasteiger partial charge in [-0.05, 0) is 49.1 Å². The molecule has 0 spiro atoms. The van der Waals surface area contributed by atoms with Gasteiger partial charge in [-0.3, -0.25) is 14.5 Å². The van der Waals surface area contributed by atoms with Crippen molar-refractivity contribution in [1.29, 1.82) is 0 Å². The van der Waals surface area contributed by atoms with Crippen molar-refractivity contribution in [2.24, 2.45) is 0 Å². The van der Waals surface area contributed by atoms with Gasteiger partial charge in [-0.15, -0.1) is 0 Å². The smallest absolute Gasteiger partial charge is 0.243 e. The fourth-order valence-electron chi connectivity index (χ4n) is 3.26. The molecule has 1 N–H and O–H groups in total. The predicted octanol–water partition coefficient (Wildman–Crippen LogP) is 3.07. The number of ether oxygens (including phenoxy) is 1. The van der Waals surface area contributed by atoms with E-state index in [9.17, 15) is 9.59 Å². The lowest BCUT2D eigenvalue weighted by Crippen LogP contribution is -2.48. The molecule has 1 aliphatic heterocycles. The molecule has 1 aliphatic rings. The van der Waals surface area contributed by atoms with Crippen molar-refractivity contribution in [3.8, 4) is 5.75 Å². The van der Waals surface area contributed by atoms with Gasteiger partial charge in [-0.25, -0.2) is 0 Å². The first-order chi connectivity index (χ1) is 12.6. The molecule has 0 aromatic heterocycles. The number of para-hydroxylation sites is 1. The minimum Gasteiger partial charge on any atom is -0.497 e. The highest BCUT2D eigenvalue weighted by Gasteiger charge is 2.30. The first kappa shape index (κ1) is 18.0. The summed E-state index contributed by atoms with van der Waals surface area (Å²) in [5.74, 6) is 0.619. The third-order valence-electron chi connectivity index (χ3n) is 4.75. The molecule has 1 atom stereocenters. The van der Waals surface area contributed by atoms with Crippen LogP contribution in [0.15, 0.2) is 48.5 Å². The number of amides is 2. The third kappa shape index (κ3) is 3.87. The Balaban J connectivity index is 1.71. The average Bonchev–Trinajstić information content (AvgIpc) is 2.84. The fraction of sp³-hybridized carbons (Fsp3) is 0.333. The fourth-order valence-corrected chi connectivity index (χ4v) is 3.26. The van der Waals surface area contributed by atoms with Crippen molar-refractivity contribution in [2.75, 3.05) is 12.0 Å². The maximum atomic E-state index is 12.7. The van der Waals surface area contributed by atoms with Gasteiger partial charge in [0.1, 0.15) is 11.8 Å². The quantitative estimate of drug-likeness (QED) is 0.900. The molecule has 5 heteroatoms. The highest BCUT2D eigenvalue weighted by Crippen LogP contribution is 2.28. The summed E-state index contributed by atoms with van der Waals surface area (Å²) >= 11 is 0. The van der Waals surface area contributed by atoms with Crippen molar-refractivity contribution < 1.29 is 14.3 Å². The highest BCUT2D eigenvalue weighted by atomic mass is 16.5.